The molecular weight excluding hydrogens is 376 g/mol. The van der Waals surface area contributed by atoms with Crippen molar-refractivity contribution in [2.45, 2.75) is 13.0 Å². The Hall–Kier alpha value is -2.59. The molecule has 0 spiro atoms. The largest absolute Gasteiger partial charge is 0.347 e. The van der Waals surface area contributed by atoms with Gasteiger partial charge in [0.1, 0.15) is 0 Å². The van der Waals surface area contributed by atoms with Gasteiger partial charge in [-0.1, -0.05) is 52.3 Å². The number of nitrogens with zero attached hydrogens (tertiary/aromatic N) is 1. The summed E-state index contributed by atoms with van der Waals surface area (Å²) in [4.78, 5) is 12.3. The quantitative estimate of drug-likeness (QED) is 0.482. The second-order valence-corrected chi connectivity index (χ2v) is 6.90. The summed E-state index contributed by atoms with van der Waals surface area (Å²) in [5, 5.41) is 6.43. The minimum atomic E-state index is 0.0205. The molecule has 0 atom stereocenters. The van der Waals surface area contributed by atoms with Crippen LogP contribution in [0.4, 0.5) is 5.69 Å². The maximum atomic E-state index is 12.3. The summed E-state index contributed by atoms with van der Waals surface area (Å²) < 4.78 is 3.18. The van der Waals surface area contributed by atoms with Crippen LogP contribution in [0.5, 0.6) is 0 Å². The molecule has 1 heterocycles. The van der Waals surface area contributed by atoms with E-state index in [4.69, 9.17) is 0 Å². The van der Waals surface area contributed by atoms with Crippen molar-refractivity contribution in [3.05, 3.63) is 77.4 Å². The van der Waals surface area contributed by atoms with Crippen molar-refractivity contribution in [2.24, 2.45) is 0 Å². The maximum Gasteiger partial charge on any atom is 0.226 e. The molecule has 0 aliphatic heterocycles. The monoisotopic (exact) mass is 392 g/mol. The fourth-order valence-electron chi connectivity index (χ4n) is 3.10. The zero-order chi connectivity index (χ0) is 17.2. The molecule has 3 aromatic carbocycles. The Kier molecular flexibility index (Phi) is 4.28. The lowest BCUT2D eigenvalue weighted by molar-refractivity contribution is -0.116. The van der Waals surface area contributed by atoms with Crippen molar-refractivity contribution in [3.63, 3.8) is 0 Å². The van der Waals surface area contributed by atoms with E-state index in [-0.39, 0.29) is 5.91 Å². The zero-order valence-corrected chi connectivity index (χ0v) is 15.2. The van der Waals surface area contributed by atoms with Crippen molar-refractivity contribution in [3.8, 4) is 0 Å². The van der Waals surface area contributed by atoms with Crippen LogP contribution in [0.2, 0.25) is 0 Å². The van der Waals surface area contributed by atoms with E-state index in [1.165, 1.54) is 5.39 Å². The highest BCUT2D eigenvalue weighted by Gasteiger charge is 2.06. The van der Waals surface area contributed by atoms with Crippen LogP contribution in [0.3, 0.4) is 0 Å². The first-order valence-corrected chi connectivity index (χ1v) is 9.02. The molecule has 0 unspecified atom stereocenters. The van der Waals surface area contributed by atoms with E-state index in [0.717, 1.165) is 26.4 Å². The van der Waals surface area contributed by atoms with Gasteiger partial charge in [0.2, 0.25) is 5.91 Å². The van der Waals surface area contributed by atoms with Crippen LogP contribution in [0.1, 0.15) is 6.42 Å². The Labute approximate surface area is 154 Å². The molecular formula is C21H17BrN2O. The molecule has 0 radical (unpaired) electrons. The number of benzene rings is 3. The van der Waals surface area contributed by atoms with E-state index in [1.54, 1.807) is 0 Å². The molecule has 25 heavy (non-hydrogen) atoms. The summed E-state index contributed by atoms with van der Waals surface area (Å²) in [6, 6.07) is 22.3. The highest BCUT2D eigenvalue weighted by molar-refractivity contribution is 9.10. The predicted octanol–water partition coefficient (Wildman–Crippen LogP) is 5.59. The SMILES string of the molecule is O=C(CCn1ccc2ccccc21)Nc1ccc2c(Br)cccc2c1. The molecule has 1 N–H and O–H groups in total. The third-order valence-corrected chi connectivity index (χ3v) is 5.06. The molecule has 1 amide bonds. The number of aromatic nitrogens is 1. The Morgan fingerprint density at radius 2 is 1.80 bits per heavy atom. The van der Waals surface area contributed by atoms with Crippen LogP contribution >= 0.6 is 15.9 Å². The van der Waals surface area contributed by atoms with Crippen molar-refractivity contribution >= 4 is 49.2 Å². The molecule has 0 aliphatic carbocycles. The van der Waals surface area contributed by atoms with E-state index in [9.17, 15) is 4.79 Å². The van der Waals surface area contributed by atoms with E-state index < -0.39 is 0 Å². The number of hydrogen-bond acceptors (Lipinski definition) is 1. The summed E-state index contributed by atoms with van der Waals surface area (Å²) in [6.45, 7) is 0.665. The van der Waals surface area contributed by atoms with E-state index in [2.05, 4.69) is 44.0 Å². The van der Waals surface area contributed by atoms with Gasteiger partial charge < -0.3 is 9.88 Å². The summed E-state index contributed by atoms with van der Waals surface area (Å²) in [6.07, 6.45) is 2.47. The number of rotatable bonds is 4. The van der Waals surface area contributed by atoms with Crippen LogP contribution in [-0.4, -0.2) is 10.5 Å². The molecule has 3 nitrogen and oxygen atoms in total. The molecule has 0 fully saturated rings. The average Bonchev–Trinajstić information content (AvgIpc) is 3.03. The maximum absolute atomic E-state index is 12.3. The number of fused-ring (bicyclic) bond motifs is 2. The lowest BCUT2D eigenvalue weighted by atomic mass is 10.1. The highest BCUT2D eigenvalue weighted by atomic mass is 79.9. The van der Waals surface area contributed by atoms with Gasteiger partial charge in [0, 0.05) is 34.8 Å². The van der Waals surface area contributed by atoms with Crippen LogP contribution in [0.15, 0.2) is 77.4 Å². The summed E-state index contributed by atoms with van der Waals surface area (Å²) in [5.74, 6) is 0.0205. The molecule has 0 bridgehead atoms. The number of aryl methyl sites for hydroxylation is 1. The van der Waals surface area contributed by atoms with Gasteiger partial charge in [0.15, 0.2) is 0 Å². The number of anilines is 1. The summed E-state index contributed by atoms with van der Waals surface area (Å²) in [7, 11) is 0. The van der Waals surface area contributed by atoms with Crippen LogP contribution in [0.25, 0.3) is 21.7 Å². The Morgan fingerprint density at radius 3 is 2.72 bits per heavy atom. The molecule has 1 aromatic heterocycles. The predicted molar refractivity (Wildman–Crippen MR) is 107 cm³/mol. The van der Waals surface area contributed by atoms with Gasteiger partial charge in [0.25, 0.3) is 0 Å². The van der Waals surface area contributed by atoms with Gasteiger partial charge in [-0.05, 0) is 46.5 Å². The van der Waals surface area contributed by atoms with Crippen LogP contribution < -0.4 is 5.32 Å². The number of amides is 1. The van der Waals surface area contributed by atoms with E-state index in [0.29, 0.717) is 13.0 Å². The van der Waals surface area contributed by atoms with Gasteiger partial charge in [-0.15, -0.1) is 0 Å². The molecule has 124 valence electrons. The minimum absolute atomic E-state index is 0.0205. The van der Waals surface area contributed by atoms with Crippen molar-refractivity contribution in [2.75, 3.05) is 5.32 Å². The van der Waals surface area contributed by atoms with Gasteiger partial charge in [-0.3, -0.25) is 4.79 Å². The fraction of sp³-hybridized carbons (Fsp3) is 0.0952. The summed E-state index contributed by atoms with van der Waals surface area (Å²) in [5.41, 5.74) is 1.99. The molecule has 4 aromatic rings. The summed E-state index contributed by atoms with van der Waals surface area (Å²) >= 11 is 3.55. The smallest absolute Gasteiger partial charge is 0.226 e. The third-order valence-electron chi connectivity index (χ3n) is 4.37. The van der Waals surface area contributed by atoms with Gasteiger partial charge in [-0.2, -0.15) is 0 Å². The van der Waals surface area contributed by atoms with Gasteiger partial charge in [-0.25, -0.2) is 0 Å². The van der Waals surface area contributed by atoms with Crippen molar-refractivity contribution in [1.82, 2.24) is 4.57 Å². The van der Waals surface area contributed by atoms with E-state index in [1.807, 2.05) is 54.7 Å². The minimum Gasteiger partial charge on any atom is -0.347 e. The number of carbonyl (C=O) groups excluding carboxylic acids is 1. The fourth-order valence-corrected chi connectivity index (χ4v) is 3.62. The zero-order valence-electron chi connectivity index (χ0n) is 13.6. The van der Waals surface area contributed by atoms with Crippen molar-refractivity contribution in [1.29, 1.82) is 0 Å². The molecule has 4 rings (SSSR count). The average molecular weight is 393 g/mol. The first kappa shape index (κ1) is 15.9. The lowest BCUT2D eigenvalue weighted by Gasteiger charge is -2.09. The Morgan fingerprint density at radius 1 is 0.960 bits per heavy atom. The first-order valence-electron chi connectivity index (χ1n) is 8.23. The topological polar surface area (TPSA) is 34.0 Å². The second kappa shape index (κ2) is 6.73. The van der Waals surface area contributed by atoms with Gasteiger partial charge >= 0.3 is 0 Å². The normalized spacial score (nSPS) is 11.1. The van der Waals surface area contributed by atoms with Crippen molar-refractivity contribution < 1.29 is 4.79 Å². The Balaban J connectivity index is 1.45. The number of carbonyl (C=O) groups is 1. The number of nitrogens with one attached hydrogen (secondary N) is 1. The molecule has 0 aliphatic rings. The van der Waals surface area contributed by atoms with Crippen LogP contribution in [0, 0.1) is 0 Å². The third kappa shape index (κ3) is 3.30. The molecule has 4 heteroatoms. The van der Waals surface area contributed by atoms with Crippen LogP contribution in [-0.2, 0) is 11.3 Å². The molecule has 0 saturated carbocycles. The number of para-hydroxylation sites is 1. The van der Waals surface area contributed by atoms with E-state index >= 15 is 0 Å². The standard InChI is InChI=1S/C21H17BrN2O/c22-19-6-3-5-16-14-17(8-9-18(16)19)23-21(25)11-13-24-12-10-15-4-1-2-7-20(15)24/h1-10,12,14H,11,13H2,(H,23,25). The first-order chi connectivity index (χ1) is 12.2. The number of halogens is 1. The van der Waals surface area contributed by atoms with Gasteiger partial charge in [0.05, 0.1) is 0 Å². The molecule has 0 saturated heterocycles. The second-order valence-electron chi connectivity index (χ2n) is 6.04. The Bertz CT molecular complexity index is 1070. The number of hydrogen-bond donors (Lipinski definition) is 1. The lowest BCUT2D eigenvalue weighted by Crippen LogP contribution is -2.14. The highest BCUT2D eigenvalue weighted by Crippen LogP contribution is 2.26.